The number of carbonyl (C=O) groups is 2. The molecule has 1 N–H and O–H groups in total. The average Bonchev–Trinajstić information content (AvgIpc) is 3.24. The number of ether oxygens (including phenoxy) is 3. The summed E-state index contributed by atoms with van der Waals surface area (Å²) in [7, 11) is 4.78. The SMILES string of the molecule is COCCNC(=O)[C@H]1CN(C(=O)c2ccc(C)cc2)C[C@@H]1c1ccc(OC)cc1OC. The van der Waals surface area contributed by atoms with E-state index in [1.165, 1.54) is 0 Å². The molecule has 2 aromatic carbocycles. The highest BCUT2D eigenvalue weighted by Gasteiger charge is 2.41. The summed E-state index contributed by atoms with van der Waals surface area (Å²) in [5.74, 6) is 0.547. The molecule has 0 aliphatic carbocycles. The molecular weight excluding hydrogens is 396 g/mol. The topological polar surface area (TPSA) is 77.1 Å². The Morgan fingerprint density at radius 3 is 2.42 bits per heavy atom. The molecule has 1 heterocycles. The summed E-state index contributed by atoms with van der Waals surface area (Å²) in [4.78, 5) is 27.9. The summed E-state index contributed by atoms with van der Waals surface area (Å²) in [6, 6.07) is 13.1. The average molecular weight is 427 g/mol. The van der Waals surface area contributed by atoms with E-state index in [1.807, 2.05) is 43.3 Å². The molecule has 2 atom stereocenters. The van der Waals surface area contributed by atoms with E-state index in [2.05, 4.69) is 5.32 Å². The van der Waals surface area contributed by atoms with Gasteiger partial charge in [0.2, 0.25) is 5.91 Å². The van der Waals surface area contributed by atoms with Gasteiger partial charge in [0.25, 0.3) is 5.91 Å². The lowest BCUT2D eigenvalue weighted by molar-refractivity contribution is -0.125. The first kappa shape index (κ1) is 22.6. The molecule has 7 nitrogen and oxygen atoms in total. The standard InChI is InChI=1S/C24H30N2O5/c1-16-5-7-17(8-6-16)24(28)26-14-20(21(15-26)23(27)25-11-12-29-2)19-10-9-18(30-3)13-22(19)31-4/h5-10,13,20-21H,11-12,14-15H2,1-4H3,(H,25,27)/t20-,21+/m1/s1. The van der Waals surface area contributed by atoms with Crippen LogP contribution in [0.15, 0.2) is 42.5 Å². The predicted octanol–water partition coefficient (Wildman–Crippen LogP) is 2.63. The fourth-order valence-corrected chi connectivity index (χ4v) is 3.96. The highest BCUT2D eigenvalue weighted by molar-refractivity contribution is 5.95. The molecule has 0 spiro atoms. The molecule has 166 valence electrons. The number of carbonyl (C=O) groups excluding carboxylic acids is 2. The van der Waals surface area contributed by atoms with Gasteiger partial charge in [-0.25, -0.2) is 0 Å². The van der Waals surface area contributed by atoms with E-state index in [9.17, 15) is 9.59 Å². The number of benzene rings is 2. The fourth-order valence-electron chi connectivity index (χ4n) is 3.96. The van der Waals surface area contributed by atoms with Crippen molar-refractivity contribution in [2.24, 2.45) is 5.92 Å². The van der Waals surface area contributed by atoms with E-state index in [0.717, 1.165) is 11.1 Å². The van der Waals surface area contributed by atoms with E-state index in [1.54, 1.807) is 32.3 Å². The third kappa shape index (κ3) is 5.17. The van der Waals surface area contributed by atoms with Gasteiger partial charge in [0, 0.05) is 49.9 Å². The zero-order chi connectivity index (χ0) is 22.4. The number of rotatable bonds is 8. The van der Waals surface area contributed by atoms with Crippen molar-refractivity contribution in [3.63, 3.8) is 0 Å². The highest BCUT2D eigenvalue weighted by atomic mass is 16.5. The van der Waals surface area contributed by atoms with Gasteiger partial charge in [-0.2, -0.15) is 0 Å². The summed E-state index contributed by atoms with van der Waals surface area (Å²) in [6.45, 7) is 3.60. The van der Waals surface area contributed by atoms with Crippen LogP contribution in [0.2, 0.25) is 0 Å². The van der Waals surface area contributed by atoms with Crippen LogP contribution in [0.1, 0.15) is 27.4 Å². The Bertz CT molecular complexity index is 913. The fraction of sp³-hybridized carbons (Fsp3) is 0.417. The van der Waals surface area contributed by atoms with Crippen LogP contribution in [0.25, 0.3) is 0 Å². The molecule has 0 aromatic heterocycles. The van der Waals surface area contributed by atoms with Crippen molar-refractivity contribution in [2.75, 3.05) is 47.6 Å². The Labute approximate surface area is 183 Å². The van der Waals surface area contributed by atoms with Crippen molar-refractivity contribution in [3.05, 3.63) is 59.2 Å². The number of hydrogen-bond donors (Lipinski definition) is 1. The predicted molar refractivity (Wildman–Crippen MR) is 118 cm³/mol. The zero-order valence-corrected chi connectivity index (χ0v) is 18.5. The van der Waals surface area contributed by atoms with Crippen molar-refractivity contribution in [3.8, 4) is 11.5 Å². The molecule has 0 radical (unpaired) electrons. The lowest BCUT2D eigenvalue weighted by Gasteiger charge is -2.21. The van der Waals surface area contributed by atoms with Crippen LogP contribution in [0.3, 0.4) is 0 Å². The number of nitrogens with one attached hydrogen (secondary N) is 1. The van der Waals surface area contributed by atoms with Crippen LogP contribution in [0.4, 0.5) is 0 Å². The molecule has 2 aromatic rings. The minimum Gasteiger partial charge on any atom is -0.497 e. The normalized spacial score (nSPS) is 18.0. The molecule has 31 heavy (non-hydrogen) atoms. The second kappa shape index (κ2) is 10.3. The number of amides is 2. The molecule has 0 bridgehead atoms. The van der Waals surface area contributed by atoms with Gasteiger partial charge < -0.3 is 24.4 Å². The first-order valence-corrected chi connectivity index (χ1v) is 10.3. The molecule has 1 fully saturated rings. The molecule has 7 heteroatoms. The van der Waals surface area contributed by atoms with Crippen LogP contribution < -0.4 is 14.8 Å². The number of nitrogens with zero attached hydrogens (tertiary/aromatic N) is 1. The highest BCUT2D eigenvalue weighted by Crippen LogP contribution is 2.39. The zero-order valence-electron chi connectivity index (χ0n) is 18.5. The maximum atomic E-state index is 13.1. The van der Waals surface area contributed by atoms with Gasteiger partial charge in [-0.05, 0) is 25.1 Å². The van der Waals surface area contributed by atoms with Gasteiger partial charge in [-0.15, -0.1) is 0 Å². The maximum Gasteiger partial charge on any atom is 0.253 e. The van der Waals surface area contributed by atoms with Crippen molar-refractivity contribution < 1.29 is 23.8 Å². The largest absolute Gasteiger partial charge is 0.497 e. The monoisotopic (exact) mass is 426 g/mol. The van der Waals surface area contributed by atoms with Gasteiger partial charge in [-0.3, -0.25) is 9.59 Å². The van der Waals surface area contributed by atoms with Crippen molar-refractivity contribution in [2.45, 2.75) is 12.8 Å². The van der Waals surface area contributed by atoms with Gasteiger partial charge >= 0.3 is 0 Å². The van der Waals surface area contributed by atoms with E-state index in [-0.39, 0.29) is 17.7 Å². The second-order valence-corrected chi connectivity index (χ2v) is 7.68. The van der Waals surface area contributed by atoms with Gasteiger partial charge in [-0.1, -0.05) is 23.8 Å². The van der Waals surface area contributed by atoms with Crippen LogP contribution in [0.5, 0.6) is 11.5 Å². The lowest BCUT2D eigenvalue weighted by atomic mass is 9.87. The second-order valence-electron chi connectivity index (χ2n) is 7.68. The molecule has 1 aliphatic heterocycles. The molecule has 0 saturated carbocycles. The first-order chi connectivity index (χ1) is 15.0. The molecule has 3 rings (SSSR count). The smallest absolute Gasteiger partial charge is 0.253 e. The number of aryl methyl sites for hydroxylation is 1. The Hall–Kier alpha value is -3.06. The summed E-state index contributed by atoms with van der Waals surface area (Å²) in [5.41, 5.74) is 2.59. The molecule has 0 unspecified atom stereocenters. The van der Waals surface area contributed by atoms with Crippen LogP contribution in [0, 0.1) is 12.8 Å². The van der Waals surface area contributed by atoms with Crippen LogP contribution in [-0.2, 0) is 9.53 Å². The van der Waals surface area contributed by atoms with Crippen molar-refractivity contribution >= 4 is 11.8 Å². The van der Waals surface area contributed by atoms with E-state index < -0.39 is 5.92 Å². The number of hydrogen-bond acceptors (Lipinski definition) is 5. The molecular formula is C24H30N2O5. The van der Waals surface area contributed by atoms with Crippen LogP contribution in [-0.4, -0.2) is 64.3 Å². The summed E-state index contributed by atoms with van der Waals surface area (Å²) in [5, 5.41) is 2.92. The number of likely N-dealkylation sites (tertiary alicyclic amines) is 1. The van der Waals surface area contributed by atoms with E-state index >= 15 is 0 Å². The molecule has 2 amide bonds. The Morgan fingerprint density at radius 1 is 1.03 bits per heavy atom. The van der Waals surface area contributed by atoms with Crippen molar-refractivity contribution in [1.82, 2.24) is 10.2 Å². The minimum absolute atomic E-state index is 0.0790. The Morgan fingerprint density at radius 2 is 1.77 bits per heavy atom. The summed E-state index contributed by atoms with van der Waals surface area (Å²) >= 11 is 0. The van der Waals surface area contributed by atoms with Gasteiger partial charge in [0.15, 0.2) is 0 Å². The summed E-state index contributed by atoms with van der Waals surface area (Å²) in [6.07, 6.45) is 0. The third-order valence-corrected chi connectivity index (χ3v) is 5.69. The quantitative estimate of drug-likeness (QED) is 0.657. The summed E-state index contributed by atoms with van der Waals surface area (Å²) < 4.78 is 15.9. The maximum absolute atomic E-state index is 13.1. The van der Waals surface area contributed by atoms with Gasteiger partial charge in [0.05, 0.1) is 26.7 Å². The van der Waals surface area contributed by atoms with E-state index in [4.69, 9.17) is 14.2 Å². The molecule has 1 saturated heterocycles. The van der Waals surface area contributed by atoms with E-state index in [0.29, 0.717) is 43.3 Å². The van der Waals surface area contributed by atoms with Crippen LogP contribution >= 0.6 is 0 Å². The number of methoxy groups -OCH3 is 3. The van der Waals surface area contributed by atoms with Crippen molar-refractivity contribution in [1.29, 1.82) is 0 Å². The molecule has 1 aliphatic rings. The Balaban J connectivity index is 1.89. The van der Waals surface area contributed by atoms with Gasteiger partial charge in [0.1, 0.15) is 11.5 Å². The minimum atomic E-state index is -0.395. The lowest BCUT2D eigenvalue weighted by Crippen LogP contribution is -2.37. The Kier molecular flexibility index (Phi) is 7.52. The first-order valence-electron chi connectivity index (χ1n) is 10.3. The third-order valence-electron chi connectivity index (χ3n) is 5.69.